The molecule has 0 saturated carbocycles. The van der Waals surface area contributed by atoms with Crippen LogP contribution in [0.25, 0.3) is 0 Å². The van der Waals surface area contributed by atoms with Crippen LogP contribution in [0, 0.1) is 0 Å². The van der Waals surface area contributed by atoms with Crippen LogP contribution >= 0.6 is 23.1 Å². The van der Waals surface area contributed by atoms with Gasteiger partial charge in [-0.3, -0.25) is 9.52 Å². The number of benzene rings is 1. The van der Waals surface area contributed by atoms with Crippen LogP contribution in [0.3, 0.4) is 0 Å². The molecule has 1 unspecified atom stereocenters. The SMILES string of the molecule is CCSCCC(NC(=O)Cc1csc(NS(=O)(=O)c2ccccc2)n1)C(=O)O. The largest absolute Gasteiger partial charge is 0.480 e. The van der Waals surface area contributed by atoms with E-state index in [4.69, 9.17) is 0 Å². The molecule has 8 nitrogen and oxygen atoms in total. The summed E-state index contributed by atoms with van der Waals surface area (Å²) in [6, 6.07) is 6.92. The number of aromatic nitrogens is 1. The van der Waals surface area contributed by atoms with Crippen LogP contribution in [-0.2, 0) is 26.0 Å². The minimum Gasteiger partial charge on any atom is -0.480 e. The van der Waals surface area contributed by atoms with Crippen LogP contribution in [0.5, 0.6) is 0 Å². The molecule has 0 saturated heterocycles. The highest BCUT2D eigenvalue weighted by atomic mass is 32.2. The van der Waals surface area contributed by atoms with Crippen LogP contribution in [0.4, 0.5) is 5.13 Å². The van der Waals surface area contributed by atoms with Crippen molar-refractivity contribution < 1.29 is 23.1 Å². The van der Waals surface area contributed by atoms with Crippen molar-refractivity contribution >= 4 is 50.1 Å². The Balaban J connectivity index is 1.94. The number of thiazole rings is 1. The number of carboxylic acids is 1. The van der Waals surface area contributed by atoms with Crippen LogP contribution in [0.1, 0.15) is 19.0 Å². The van der Waals surface area contributed by atoms with Crippen molar-refractivity contribution in [3.63, 3.8) is 0 Å². The maximum atomic E-state index is 12.3. The maximum Gasteiger partial charge on any atom is 0.326 e. The summed E-state index contributed by atoms with van der Waals surface area (Å²) in [6.45, 7) is 1.98. The van der Waals surface area contributed by atoms with Gasteiger partial charge in [0.2, 0.25) is 5.91 Å². The number of rotatable bonds is 11. The highest BCUT2D eigenvalue weighted by Gasteiger charge is 2.21. The second-order valence-corrected chi connectivity index (χ2v) is 9.62. The average molecular weight is 444 g/mol. The van der Waals surface area contributed by atoms with Gasteiger partial charge in [0.25, 0.3) is 10.0 Å². The third-order valence-corrected chi connectivity index (χ3v) is 6.78. The van der Waals surface area contributed by atoms with Gasteiger partial charge in [-0.1, -0.05) is 25.1 Å². The predicted octanol–water partition coefficient (Wildman–Crippen LogP) is 2.20. The second kappa shape index (κ2) is 10.4. The Morgan fingerprint density at radius 2 is 2.00 bits per heavy atom. The van der Waals surface area contributed by atoms with Gasteiger partial charge in [0.1, 0.15) is 6.04 Å². The molecule has 0 bridgehead atoms. The number of carboxylic acid groups (broad SMARTS) is 1. The van der Waals surface area contributed by atoms with E-state index in [0.717, 1.165) is 17.1 Å². The molecule has 2 rings (SSSR count). The number of amides is 1. The van der Waals surface area contributed by atoms with Crippen molar-refractivity contribution in [1.29, 1.82) is 0 Å². The van der Waals surface area contributed by atoms with Gasteiger partial charge in [-0.05, 0) is 30.1 Å². The normalized spacial score (nSPS) is 12.3. The van der Waals surface area contributed by atoms with E-state index in [9.17, 15) is 23.1 Å². The number of nitrogens with zero attached hydrogens (tertiary/aromatic N) is 1. The first-order valence-corrected chi connectivity index (χ1v) is 12.0. The van der Waals surface area contributed by atoms with Crippen molar-refractivity contribution in [3.8, 4) is 0 Å². The number of hydrogen-bond donors (Lipinski definition) is 3. The lowest BCUT2D eigenvalue weighted by molar-refractivity contribution is -0.141. The minimum atomic E-state index is -3.75. The lowest BCUT2D eigenvalue weighted by atomic mass is 10.2. The third-order valence-electron chi connectivity index (χ3n) is 3.56. The van der Waals surface area contributed by atoms with Crippen molar-refractivity contribution in [2.24, 2.45) is 0 Å². The van der Waals surface area contributed by atoms with Crippen LogP contribution < -0.4 is 10.0 Å². The molecular formula is C17H21N3O5S3. The molecule has 152 valence electrons. The summed E-state index contributed by atoms with van der Waals surface area (Å²) in [7, 11) is -3.75. The molecule has 11 heteroatoms. The molecular weight excluding hydrogens is 422 g/mol. The van der Waals surface area contributed by atoms with Crippen molar-refractivity contribution in [2.75, 3.05) is 16.2 Å². The number of aliphatic carboxylic acids is 1. The van der Waals surface area contributed by atoms with Crippen LogP contribution in [-0.4, -0.2) is 47.9 Å². The number of carbonyl (C=O) groups excluding carboxylic acids is 1. The van der Waals surface area contributed by atoms with Gasteiger partial charge in [0, 0.05) is 5.38 Å². The van der Waals surface area contributed by atoms with E-state index >= 15 is 0 Å². The van der Waals surface area contributed by atoms with E-state index in [1.807, 2.05) is 6.92 Å². The quantitative estimate of drug-likeness (QED) is 0.455. The number of sulfonamides is 1. The van der Waals surface area contributed by atoms with Gasteiger partial charge in [-0.15, -0.1) is 11.3 Å². The molecule has 1 aromatic carbocycles. The zero-order chi connectivity index (χ0) is 20.6. The molecule has 0 aliphatic rings. The smallest absolute Gasteiger partial charge is 0.326 e. The summed E-state index contributed by atoms with van der Waals surface area (Å²) in [5.74, 6) is -0.0484. The maximum absolute atomic E-state index is 12.3. The topological polar surface area (TPSA) is 125 Å². The van der Waals surface area contributed by atoms with Gasteiger partial charge in [0.05, 0.1) is 17.0 Å². The fraction of sp³-hybridized carbons (Fsp3) is 0.353. The molecule has 0 radical (unpaired) electrons. The molecule has 0 aliphatic carbocycles. The molecule has 0 aliphatic heterocycles. The summed E-state index contributed by atoms with van der Waals surface area (Å²) in [5, 5.41) is 13.4. The van der Waals surface area contributed by atoms with Crippen molar-refractivity contribution in [1.82, 2.24) is 10.3 Å². The zero-order valence-corrected chi connectivity index (χ0v) is 17.6. The Kier molecular flexibility index (Phi) is 8.27. The molecule has 28 heavy (non-hydrogen) atoms. The average Bonchev–Trinajstić information content (AvgIpc) is 3.07. The highest BCUT2D eigenvalue weighted by Crippen LogP contribution is 2.20. The fourth-order valence-electron chi connectivity index (χ4n) is 2.22. The predicted molar refractivity (Wildman–Crippen MR) is 110 cm³/mol. The van der Waals surface area contributed by atoms with E-state index in [0.29, 0.717) is 17.9 Å². The molecule has 0 fully saturated rings. The van der Waals surface area contributed by atoms with E-state index in [2.05, 4.69) is 15.0 Å². The first-order chi connectivity index (χ1) is 13.3. The lowest BCUT2D eigenvalue weighted by Crippen LogP contribution is -2.41. The molecule has 1 amide bonds. The highest BCUT2D eigenvalue weighted by molar-refractivity contribution is 7.99. The van der Waals surface area contributed by atoms with Gasteiger partial charge in [-0.25, -0.2) is 18.2 Å². The van der Waals surface area contributed by atoms with Gasteiger partial charge in [-0.2, -0.15) is 11.8 Å². The summed E-state index contributed by atoms with van der Waals surface area (Å²) in [6.07, 6.45) is 0.201. The first kappa shape index (κ1) is 22.2. The third kappa shape index (κ3) is 6.80. The Hall–Kier alpha value is -2.11. The molecule has 1 heterocycles. The van der Waals surface area contributed by atoms with E-state index in [1.165, 1.54) is 12.1 Å². The Morgan fingerprint density at radius 3 is 2.64 bits per heavy atom. The summed E-state index contributed by atoms with van der Waals surface area (Å²) < 4.78 is 26.9. The summed E-state index contributed by atoms with van der Waals surface area (Å²) in [5.41, 5.74) is 0.361. The van der Waals surface area contributed by atoms with E-state index in [1.54, 1.807) is 35.3 Å². The Labute approximate surface area is 171 Å². The lowest BCUT2D eigenvalue weighted by Gasteiger charge is -2.13. The summed E-state index contributed by atoms with van der Waals surface area (Å²) in [4.78, 5) is 27.6. The fourth-order valence-corrected chi connectivity index (χ4v) is 4.90. The van der Waals surface area contributed by atoms with Gasteiger partial charge in [0.15, 0.2) is 5.13 Å². The molecule has 2 aromatic rings. The number of hydrogen-bond acceptors (Lipinski definition) is 7. The second-order valence-electron chi connectivity index (χ2n) is 5.68. The van der Waals surface area contributed by atoms with Crippen molar-refractivity contribution in [2.45, 2.75) is 30.7 Å². The minimum absolute atomic E-state index is 0.110. The Bertz CT molecular complexity index is 900. The molecule has 1 aromatic heterocycles. The zero-order valence-electron chi connectivity index (χ0n) is 15.1. The van der Waals surface area contributed by atoms with E-state index in [-0.39, 0.29) is 16.4 Å². The Morgan fingerprint density at radius 1 is 1.29 bits per heavy atom. The summed E-state index contributed by atoms with van der Waals surface area (Å²) >= 11 is 2.66. The number of nitrogens with one attached hydrogen (secondary N) is 2. The van der Waals surface area contributed by atoms with Crippen LogP contribution in [0.2, 0.25) is 0 Å². The first-order valence-electron chi connectivity index (χ1n) is 8.44. The van der Waals surface area contributed by atoms with Crippen molar-refractivity contribution in [3.05, 3.63) is 41.4 Å². The van der Waals surface area contributed by atoms with Gasteiger partial charge >= 0.3 is 5.97 Å². The molecule has 3 N–H and O–H groups in total. The van der Waals surface area contributed by atoms with Crippen LogP contribution in [0.15, 0.2) is 40.6 Å². The monoisotopic (exact) mass is 443 g/mol. The number of carbonyl (C=O) groups is 2. The molecule has 0 spiro atoms. The van der Waals surface area contributed by atoms with E-state index < -0.39 is 27.9 Å². The van der Waals surface area contributed by atoms with Gasteiger partial charge < -0.3 is 10.4 Å². The molecule has 1 atom stereocenters. The standard InChI is InChI=1S/C17H21N3O5S3/c1-2-26-9-8-14(16(22)23)19-15(21)10-12-11-27-17(18-12)20-28(24,25)13-6-4-3-5-7-13/h3-7,11,14H,2,8-10H2,1H3,(H,18,20)(H,19,21)(H,22,23). The number of anilines is 1. The number of thioether (sulfide) groups is 1.